The Kier molecular flexibility index (Phi) is 5.14. The fraction of sp³-hybridized carbons (Fsp3) is 0.227. The average Bonchev–Trinajstić information content (AvgIpc) is 2.75. The number of hydrogen-bond acceptors (Lipinski definition) is 5. The largest absolute Gasteiger partial charge is 0.497 e. The van der Waals surface area contributed by atoms with Crippen LogP contribution in [0.5, 0.6) is 5.75 Å². The van der Waals surface area contributed by atoms with Gasteiger partial charge in [-0.2, -0.15) is 0 Å². The Morgan fingerprint density at radius 2 is 2.00 bits per heavy atom. The van der Waals surface area contributed by atoms with E-state index in [1.54, 1.807) is 25.3 Å². The van der Waals surface area contributed by atoms with Crippen molar-refractivity contribution in [1.29, 1.82) is 0 Å². The molecule has 1 aromatic heterocycles. The van der Waals surface area contributed by atoms with E-state index < -0.39 is 12.1 Å². The summed E-state index contributed by atoms with van der Waals surface area (Å²) in [5.41, 5.74) is 2.17. The fourth-order valence-electron chi connectivity index (χ4n) is 3.49. The molecular formula is C22H21N3O4. The Balaban J connectivity index is 1.59. The lowest BCUT2D eigenvalue weighted by atomic mass is 9.97. The van der Waals surface area contributed by atoms with E-state index in [1.807, 2.05) is 54.6 Å². The molecule has 148 valence electrons. The van der Waals surface area contributed by atoms with Crippen molar-refractivity contribution in [3.63, 3.8) is 0 Å². The summed E-state index contributed by atoms with van der Waals surface area (Å²) in [5.74, 6) is 0.230. The number of hydrogen-bond donors (Lipinski definition) is 1. The van der Waals surface area contributed by atoms with Crippen LogP contribution in [0.25, 0.3) is 10.9 Å². The van der Waals surface area contributed by atoms with Crippen LogP contribution in [0.3, 0.4) is 0 Å². The molecule has 0 spiro atoms. The third kappa shape index (κ3) is 3.77. The van der Waals surface area contributed by atoms with Crippen molar-refractivity contribution in [3.8, 4) is 5.75 Å². The highest BCUT2D eigenvalue weighted by Gasteiger charge is 2.40. The average molecular weight is 391 g/mol. The molecule has 1 aliphatic rings. The zero-order valence-corrected chi connectivity index (χ0v) is 16.2. The highest BCUT2D eigenvalue weighted by atomic mass is 16.5. The first-order valence-corrected chi connectivity index (χ1v) is 9.23. The molecule has 4 rings (SSSR count). The smallest absolute Gasteiger partial charge is 0.256 e. The quantitative estimate of drug-likeness (QED) is 0.740. The van der Waals surface area contributed by atoms with E-state index >= 15 is 0 Å². The van der Waals surface area contributed by atoms with Gasteiger partial charge in [0, 0.05) is 18.5 Å². The topological polar surface area (TPSA) is 80.8 Å². The van der Waals surface area contributed by atoms with Crippen LogP contribution < -0.4 is 10.1 Å². The number of carbonyl (C=O) groups is 2. The third-order valence-corrected chi connectivity index (χ3v) is 5.04. The van der Waals surface area contributed by atoms with Crippen LogP contribution in [-0.4, -0.2) is 48.6 Å². The first-order chi connectivity index (χ1) is 14.1. The number of nitrogens with zero attached hydrogens (tertiary/aromatic N) is 2. The standard InChI is InChI=1S/C22H21N3O4/c1-25-19(26)13-29-21(20(25)14-6-4-3-5-7-14)22(27)24-16-10-15-8-9-17(28-2)11-18(15)23-12-16/h3-12,20-21H,13H2,1-2H3,(H,24,27). The van der Waals surface area contributed by atoms with Gasteiger partial charge < -0.3 is 19.7 Å². The molecule has 0 saturated carbocycles. The molecule has 2 heterocycles. The summed E-state index contributed by atoms with van der Waals surface area (Å²) >= 11 is 0. The zero-order valence-electron chi connectivity index (χ0n) is 16.2. The van der Waals surface area contributed by atoms with E-state index in [-0.39, 0.29) is 18.4 Å². The SMILES string of the molecule is COc1ccc2cc(NC(=O)C3OCC(=O)N(C)C3c3ccccc3)cnc2c1. The van der Waals surface area contributed by atoms with Gasteiger partial charge in [-0.1, -0.05) is 30.3 Å². The molecule has 1 saturated heterocycles. The summed E-state index contributed by atoms with van der Waals surface area (Å²) < 4.78 is 10.8. The van der Waals surface area contributed by atoms with Crippen molar-refractivity contribution in [3.05, 3.63) is 66.4 Å². The molecule has 2 aromatic carbocycles. The summed E-state index contributed by atoms with van der Waals surface area (Å²) in [6, 6.07) is 16.3. The first kappa shape index (κ1) is 18.9. The molecule has 2 amide bonds. The van der Waals surface area contributed by atoms with E-state index in [0.29, 0.717) is 5.69 Å². The molecule has 3 aromatic rings. The Morgan fingerprint density at radius 1 is 1.21 bits per heavy atom. The minimum absolute atomic E-state index is 0.131. The van der Waals surface area contributed by atoms with Crippen molar-refractivity contribution in [2.45, 2.75) is 12.1 Å². The molecule has 0 radical (unpaired) electrons. The molecule has 1 aliphatic heterocycles. The first-order valence-electron chi connectivity index (χ1n) is 9.23. The highest BCUT2D eigenvalue weighted by molar-refractivity contribution is 5.97. The van der Waals surface area contributed by atoms with Crippen LogP contribution in [0.15, 0.2) is 60.8 Å². The van der Waals surface area contributed by atoms with Crippen LogP contribution in [0.1, 0.15) is 11.6 Å². The van der Waals surface area contributed by atoms with E-state index in [2.05, 4.69) is 10.3 Å². The van der Waals surface area contributed by atoms with Gasteiger partial charge in [-0.15, -0.1) is 0 Å². The molecule has 29 heavy (non-hydrogen) atoms. The normalized spacial score (nSPS) is 19.2. The van der Waals surface area contributed by atoms with Crippen LogP contribution in [0.4, 0.5) is 5.69 Å². The van der Waals surface area contributed by atoms with Gasteiger partial charge in [0.1, 0.15) is 12.4 Å². The second-order valence-electron chi connectivity index (χ2n) is 6.86. The maximum absolute atomic E-state index is 13.0. The number of methoxy groups -OCH3 is 1. The number of fused-ring (bicyclic) bond motifs is 1. The minimum Gasteiger partial charge on any atom is -0.497 e. The maximum Gasteiger partial charge on any atom is 0.256 e. The van der Waals surface area contributed by atoms with E-state index in [0.717, 1.165) is 22.2 Å². The molecule has 2 atom stereocenters. The molecule has 7 nitrogen and oxygen atoms in total. The molecule has 2 unspecified atom stereocenters. The molecule has 0 aliphatic carbocycles. The van der Waals surface area contributed by atoms with Crippen LogP contribution in [-0.2, 0) is 14.3 Å². The summed E-state index contributed by atoms with van der Waals surface area (Å²) in [6.45, 7) is -0.131. The Labute approximate surface area is 168 Å². The van der Waals surface area contributed by atoms with Gasteiger partial charge in [0.25, 0.3) is 5.91 Å². The number of carbonyl (C=O) groups excluding carboxylic acids is 2. The minimum atomic E-state index is -0.827. The van der Waals surface area contributed by atoms with E-state index in [4.69, 9.17) is 9.47 Å². The van der Waals surface area contributed by atoms with E-state index in [9.17, 15) is 9.59 Å². The summed E-state index contributed by atoms with van der Waals surface area (Å²) in [7, 11) is 3.29. The molecule has 1 fully saturated rings. The van der Waals surface area contributed by atoms with Crippen molar-refractivity contribution >= 4 is 28.4 Å². The number of pyridine rings is 1. The van der Waals surface area contributed by atoms with Crippen molar-refractivity contribution < 1.29 is 19.1 Å². The number of anilines is 1. The van der Waals surface area contributed by atoms with Crippen LogP contribution in [0, 0.1) is 0 Å². The number of benzene rings is 2. The zero-order chi connectivity index (χ0) is 20.4. The molecular weight excluding hydrogens is 370 g/mol. The maximum atomic E-state index is 13.0. The van der Waals surface area contributed by atoms with Gasteiger partial charge in [-0.25, -0.2) is 0 Å². The van der Waals surface area contributed by atoms with Gasteiger partial charge in [-0.3, -0.25) is 14.6 Å². The Hall–Kier alpha value is -3.45. The molecule has 0 bridgehead atoms. The number of rotatable bonds is 4. The Bertz CT molecular complexity index is 1050. The monoisotopic (exact) mass is 391 g/mol. The van der Waals surface area contributed by atoms with Crippen molar-refractivity contribution in [2.75, 3.05) is 26.1 Å². The van der Waals surface area contributed by atoms with Gasteiger partial charge in [0.15, 0.2) is 6.10 Å². The lowest BCUT2D eigenvalue weighted by Gasteiger charge is -2.38. The van der Waals surface area contributed by atoms with Gasteiger partial charge in [0.05, 0.1) is 30.6 Å². The number of morpholine rings is 1. The van der Waals surface area contributed by atoms with E-state index in [1.165, 1.54) is 0 Å². The van der Waals surface area contributed by atoms with Gasteiger partial charge in [-0.05, 0) is 23.8 Å². The summed E-state index contributed by atoms with van der Waals surface area (Å²) in [5, 5.41) is 3.75. The van der Waals surface area contributed by atoms with Crippen molar-refractivity contribution in [2.24, 2.45) is 0 Å². The summed E-state index contributed by atoms with van der Waals surface area (Å²) in [6.07, 6.45) is 0.765. The van der Waals surface area contributed by atoms with Crippen molar-refractivity contribution in [1.82, 2.24) is 9.88 Å². The molecule has 1 N–H and O–H groups in total. The predicted octanol–water partition coefficient (Wildman–Crippen LogP) is 2.78. The summed E-state index contributed by atoms with van der Waals surface area (Å²) in [4.78, 5) is 31.1. The lowest BCUT2D eigenvalue weighted by molar-refractivity contribution is -0.160. The highest BCUT2D eigenvalue weighted by Crippen LogP contribution is 2.30. The van der Waals surface area contributed by atoms with Crippen LogP contribution in [0.2, 0.25) is 0 Å². The van der Waals surface area contributed by atoms with Gasteiger partial charge >= 0.3 is 0 Å². The third-order valence-electron chi connectivity index (χ3n) is 5.04. The lowest BCUT2D eigenvalue weighted by Crippen LogP contribution is -2.51. The number of ether oxygens (including phenoxy) is 2. The predicted molar refractivity (Wildman–Crippen MR) is 109 cm³/mol. The number of amides is 2. The second-order valence-corrected chi connectivity index (χ2v) is 6.86. The molecule has 7 heteroatoms. The van der Waals surface area contributed by atoms with Gasteiger partial charge in [0.2, 0.25) is 5.91 Å². The number of aromatic nitrogens is 1. The number of likely N-dealkylation sites (N-methyl/N-ethyl adjacent to an activating group) is 1. The number of nitrogens with one attached hydrogen (secondary N) is 1. The fourth-order valence-corrected chi connectivity index (χ4v) is 3.49. The second kappa shape index (κ2) is 7.89. The Morgan fingerprint density at radius 3 is 2.76 bits per heavy atom. The van der Waals surface area contributed by atoms with Crippen LogP contribution >= 0.6 is 0 Å².